The Morgan fingerprint density at radius 2 is 1.57 bits per heavy atom. The molecule has 2 aromatic carbocycles. The maximum atomic E-state index is 11.4. The molecule has 0 radical (unpaired) electrons. The number of ketones is 2. The Hall–Kier alpha value is -3.61. The number of cyclic esters (lactones) is 1. The number of esters is 1. The van der Waals surface area contributed by atoms with Crippen molar-refractivity contribution < 1.29 is 28.6 Å². The molecule has 2 N–H and O–H groups in total. The molecular formula is C23H27NO6. The number of nitrogens with two attached hydrogens (primary N) is 1. The number of Topliss-reactive ketones (excluding diaryl/α,β-unsaturated/α-hetero) is 2. The molecule has 3 rings (SSSR count). The summed E-state index contributed by atoms with van der Waals surface area (Å²) >= 11 is 0. The maximum absolute atomic E-state index is 11.4. The highest BCUT2D eigenvalue weighted by atomic mass is 16.6. The standard InChI is InChI=1S/C12H14O3.C7H9NO.C4H4O2/c1-9(13)7-11(14)8-10-5-3-4-6-12(10)15-2;1-9-7-5-3-2-4-6(7)8;1-3-2-4(5)6-3/h3-6H,7-8H2,1-2H3;2-5H,8H2,1H3;1-2H2. The number of methoxy groups -OCH3 is 2. The van der Waals surface area contributed by atoms with Crippen LogP contribution in [0.1, 0.15) is 25.3 Å². The summed E-state index contributed by atoms with van der Waals surface area (Å²) in [5.74, 6) is 1.66. The number of hydrogen-bond acceptors (Lipinski definition) is 7. The van der Waals surface area contributed by atoms with Gasteiger partial charge >= 0.3 is 5.97 Å². The molecule has 160 valence electrons. The molecule has 1 aliphatic heterocycles. The van der Waals surface area contributed by atoms with Crippen LogP contribution in [-0.4, -0.2) is 31.8 Å². The van der Waals surface area contributed by atoms with Gasteiger partial charge in [0.25, 0.3) is 0 Å². The van der Waals surface area contributed by atoms with E-state index in [2.05, 4.69) is 11.3 Å². The number of nitrogen functional groups attached to an aromatic ring is 1. The lowest BCUT2D eigenvalue weighted by Crippen LogP contribution is -2.15. The smallest absolute Gasteiger partial charge is 0.318 e. The van der Waals surface area contributed by atoms with E-state index in [9.17, 15) is 14.4 Å². The lowest BCUT2D eigenvalue weighted by molar-refractivity contribution is -0.148. The van der Waals surface area contributed by atoms with Crippen LogP contribution < -0.4 is 15.2 Å². The highest BCUT2D eigenvalue weighted by Gasteiger charge is 2.17. The minimum Gasteiger partial charge on any atom is -0.496 e. The zero-order valence-corrected chi connectivity index (χ0v) is 17.5. The van der Waals surface area contributed by atoms with E-state index in [1.54, 1.807) is 26.4 Å². The molecule has 1 saturated heterocycles. The molecule has 0 bridgehead atoms. The predicted molar refractivity (Wildman–Crippen MR) is 114 cm³/mol. The second-order valence-corrected chi connectivity index (χ2v) is 6.34. The van der Waals surface area contributed by atoms with E-state index in [4.69, 9.17) is 15.2 Å². The summed E-state index contributed by atoms with van der Waals surface area (Å²) in [4.78, 5) is 32.0. The zero-order chi connectivity index (χ0) is 22.5. The molecule has 0 atom stereocenters. The zero-order valence-electron chi connectivity index (χ0n) is 17.5. The summed E-state index contributed by atoms with van der Waals surface area (Å²) in [6.45, 7) is 4.78. The third-order valence-corrected chi connectivity index (χ3v) is 3.76. The van der Waals surface area contributed by atoms with Crippen LogP contribution in [0.3, 0.4) is 0 Å². The van der Waals surface area contributed by atoms with Gasteiger partial charge < -0.3 is 19.9 Å². The van der Waals surface area contributed by atoms with Crippen LogP contribution >= 0.6 is 0 Å². The average Bonchev–Trinajstić information content (AvgIpc) is 2.68. The fourth-order valence-electron chi connectivity index (χ4n) is 2.38. The quantitative estimate of drug-likeness (QED) is 0.439. The number of hydrogen-bond donors (Lipinski definition) is 1. The topological polar surface area (TPSA) is 105 Å². The fourth-order valence-corrected chi connectivity index (χ4v) is 2.38. The van der Waals surface area contributed by atoms with Crippen LogP contribution in [0.4, 0.5) is 5.69 Å². The van der Waals surface area contributed by atoms with Crippen LogP contribution in [0.25, 0.3) is 0 Å². The van der Waals surface area contributed by atoms with Crippen molar-refractivity contribution in [2.75, 3.05) is 20.0 Å². The van der Waals surface area contributed by atoms with Gasteiger partial charge in [-0.2, -0.15) is 0 Å². The van der Waals surface area contributed by atoms with E-state index >= 15 is 0 Å². The number of carbonyl (C=O) groups is 3. The average molecular weight is 413 g/mol. The lowest BCUT2D eigenvalue weighted by Gasteiger charge is -2.12. The van der Waals surface area contributed by atoms with Gasteiger partial charge in [0.1, 0.15) is 35.2 Å². The molecule has 0 unspecified atom stereocenters. The van der Waals surface area contributed by atoms with Crippen molar-refractivity contribution in [1.29, 1.82) is 0 Å². The maximum Gasteiger partial charge on any atom is 0.318 e. The molecule has 1 fully saturated rings. The van der Waals surface area contributed by atoms with Gasteiger partial charge in [-0.3, -0.25) is 14.4 Å². The van der Waals surface area contributed by atoms with Crippen LogP contribution in [0, 0.1) is 0 Å². The van der Waals surface area contributed by atoms with E-state index < -0.39 is 0 Å². The molecule has 1 aliphatic rings. The molecule has 0 saturated carbocycles. The van der Waals surface area contributed by atoms with Crippen LogP contribution in [0.2, 0.25) is 0 Å². The first-order chi connectivity index (χ1) is 14.3. The summed E-state index contributed by atoms with van der Waals surface area (Å²) < 4.78 is 14.3. The SMILES string of the molecule is C=C1CC(=O)O1.COc1ccccc1CC(=O)CC(C)=O.COc1ccccc1N. The number of anilines is 1. The second-order valence-electron chi connectivity index (χ2n) is 6.34. The van der Waals surface area contributed by atoms with Gasteiger partial charge in [-0.15, -0.1) is 0 Å². The predicted octanol–water partition coefficient (Wildman–Crippen LogP) is 3.51. The molecule has 0 aliphatic carbocycles. The van der Waals surface area contributed by atoms with Crippen molar-refractivity contribution >= 4 is 23.2 Å². The summed E-state index contributed by atoms with van der Waals surface area (Å²) in [5.41, 5.74) is 7.01. The molecule has 7 nitrogen and oxygen atoms in total. The Morgan fingerprint density at radius 1 is 1.03 bits per heavy atom. The second kappa shape index (κ2) is 12.8. The van der Waals surface area contributed by atoms with Gasteiger partial charge in [0, 0.05) is 12.0 Å². The van der Waals surface area contributed by atoms with Crippen molar-refractivity contribution in [3.8, 4) is 11.5 Å². The number of para-hydroxylation sites is 3. The molecule has 0 spiro atoms. The summed E-state index contributed by atoms with van der Waals surface area (Å²) in [7, 11) is 3.17. The first-order valence-corrected chi connectivity index (χ1v) is 9.16. The number of carbonyl (C=O) groups excluding carboxylic acids is 3. The van der Waals surface area contributed by atoms with Gasteiger partial charge in [-0.05, 0) is 25.1 Å². The number of benzene rings is 2. The monoisotopic (exact) mass is 413 g/mol. The van der Waals surface area contributed by atoms with Gasteiger partial charge in [0.2, 0.25) is 0 Å². The van der Waals surface area contributed by atoms with E-state index in [-0.39, 0.29) is 30.4 Å². The normalized spacial score (nSPS) is 11.4. The molecule has 0 amide bonds. The third-order valence-electron chi connectivity index (χ3n) is 3.76. The fraction of sp³-hybridized carbons (Fsp3) is 0.261. The Labute approximate surface area is 176 Å². The van der Waals surface area contributed by atoms with Crippen molar-refractivity contribution in [1.82, 2.24) is 0 Å². The van der Waals surface area contributed by atoms with Gasteiger partial charge in [-0.1, -0.05) is 36.9 Å². The molecule has 0 aromatic heterocycles. The highest BCUT2D eigenvalue weighted by Crippen LogP contribution is 2.19. The Bertz CT molecular complexity index is 869. The summed E-state index contributed by atoms with van der Waals surface area (Å²) in [6.07, 6.45) is 0.668. The van der Waals surface area contributed by atoms with E-state index in [0.29, 0.717) is 23.6 Å². The summed E-state index contributed by atoms with van der Waals surface area (Å²) in [5, 5.41) is 0. The van der Waals surface area contributed by atoms with Gasteiger partial charge in [-0.25, -0.2) is 0 Å². The Kier molecular flexibility index (Phi) is 10.4. The van der Waals surface area contributed by atoms with Crippen LogP contribution in [0.15, 0.2) is 60.9 Å². The molecule has 30 heavy (non-hydrogen) atoms. The minimum absolute atomic E-state index is 0.00194. The van der Waals surface area contributed by atoms with Gasteiger partial charge in [0.05, 0.1) is 26.3 Å². The highest BCUT2D eigenvalue weighted by molar-refractivity contribution is 5.98. The van der Waals surface area contributed by atoms with Crippen molar-refractivity contribution in [2.24, 2.45) is 0 Å². The van der Waals surface area contributed by atoms with E-state index in [1.807, 2.05) is 36.4 Å². The molecule has 2 aromatic rings. The van der Waals surface area contributed by atoms with Crippen molar-refractivity contribution in [2.45, 2.75) is 26.2 Å². The van der Waals surface area contributed by atoms with E-state index in [1.165, 1.54) is 6.92 Å². The van der Waals surface area contributed by atoms with Crippen LogP contribution in [-0.2, 0) is 25.5 Å². The Morgan fingerprint density at radius 3 is 1.97 bits per heavy atom. The third kappa shape index (κ3) is 9.05. The summed E-state index contributed by atoms with van der Waals surface area (Å²) in [6, 6.07) is 14.7. The molecule has 1 heterocycles. The number of ether oxygens (including phenoxy) is 3. The van der Waals surface area contributed by atoms with Crippen molar-refractivity contribution in [3.05, 3.63) is 66.4 Å². The first kappa shape index (κ1) is 24.4. The van der Waals surface area contributed by atoms with Crippen LogP contribution in [0.5, 0.6) is 11.5 Å². The van der Waals surface area contributed by atoms with E-state index in [0.717, 1.165) is 11.3 Å². The number of rotatable bonds is 6. The van der Waals surface area contributed by atoms with Crippen molar-refractivity contribution in [3.63, 3.8) is 0 Å². The van der Waals surface area contributed by atoms with Gasteiger partial charge in [0.15, 0.2) is 0 Å². The molecular weight excluding hydrogens is 386 g/mol. The minimum atomic E-state index is -0.167. The lowest BCUT2D eigenvalue weighted by atomic mass is 10.0. The largest absolute Gasteiger partial charge is 0.496 e. The molecule has 7 heteroatoms. The Balaban J connectivity index is 0.000000252. The first-order valence-electron chi connectivity index (χ1n) is 9.16.